The van der Waals surface area contributed by atoms with Gasteiger partial charge >= 0.3 is 69.4 Å². The van der Waals surface area contributed by atoms with Gasteiger partial charge in [0.15, 0.2) is 0 Å². The van der Waals surface area contributed by atoms with Gasteiger partial charge in [0.25, 0.3) is 0 Å². The summed E-state index contributed by atoms with van der Waals surface area (Å²) in [5, 5.41) is 0. The minimum atomic E-state index is -0.735. The van der Waals surface area contributed by atoms with Gasteiger partial charge in [-0.2, -0.15) is 0 Å². The molecule has 1 rings (SSSR count). The molecule has 0 aromatic rings. The zero-order valence-corrected chi connectivity index (χ0v) is 8.77. The van der Waals surface area contributed by atoms with Crippen molar-refractivity contribution in [3.05, 3.63) is 22.2 Å². The fourth-order valence-corrected chi connectivity index (χ4v) is 5.52. The predicted molar refractivity (Wildman–Crippen MR) is 45.0 cm³/mol. The van der Waals surface area contributed by atoms with Gasteiger partial charge in [-0.3, -0.25) is 0 Å². The molecular weight excluding hydrogens is 204 g/mol. The van der Waals surface area contributed by atoms with E-state index < -0.39 is 17.3 Å². The topological polar surface area (TPSA) is 0 Å². The van der Waals surface area contributed by atoms with Crippen molar-refractivity contribution in [1.82, 2.24) is 0 Å². The van der Waals surface area contributed by atoms with Crippen molar-refractivity contribution in [2.75, 3.05) is 0 Å². The predicted octanol–water partition coefficient (Wildman–Crippen LogP) is 3.55. The molecule has 0 aromatic heterocycles. The van der Waals surface area contributed by atoms with E-state index >= 15 is 0 Å². The van der Waals surface area contributed by atoms with E-state index in [9.17, 15) is 0 Å². The molecule has 0 saturated carbocycles. The SMILES string of the molecule is C[CH2][Mo+2]([CH2]C)[C]1=CC=CC1.[H-].[H-]. The van der Waals surface area contributed by atoms with Crippen LogP contribution in [0.4, 0.5) is 0 Å². The summed E-state index contributed by atoms with van der Waals surface area (Å²) in [5.41, 5.74) is 0. The van der Waals surface area contributed by atoms with Gasteiger partial charge < -0.3 is 2.85 Å². The van der Waals surface area contributed by atoms with Gasteiger partial charge in [-0.1, -0.05) is 0 Å². The fraction of sp³-hybridized carbons (Fsp3) is 0.556. The Bertz CT molecular complexity index is 160. The average molecular weight is 221 g/mol. The van der Waals surface area contributed by atoms with Gasteiger partial charge in [-0.15, -0.1) is 0 Å². The molecule has 0 unspecified atom stereocenters. The number of rotatable bonds is 3. The van der Waals surface area contributed by atoms with E-state index in [1.807, 2.05) is 0 Å². The van der Waals surface area contributed by atoms with Crippen LogP contribution in [0.5, 0.6) is 0 Å². The molecular formula is C9H17Mo. The van der Waals surface area contributed by atoms with Crippen LogP contribution < -0.4 is 0 Å². The first-order chi connectivity index (χ1) is 4.88. The second-order valence-corrected chi connectivity index (χ2v) is 8.89. The summed E-state index contributed by atoms with van der Waals surface area (Å²) in [6, 6.07) is 0. The average Bonchev–Trinajstić information content (AvgIpc) is 2.43. The third kappa shape index (κ3) is 1.82. The maximum Gasteiger partial charge on any atom is -1.00 e. The van der Waals surface area contributed by atoms with Crippen molar-refractivity contribution in [2.24, 2.45) is 0 Å². The minimum Gasteiger partial charge on any atom is -1.00 e. The normalized spacial score (nSPS) is 15.6. The Hall–Kier alpha value is 0.168. The van der Waals surface area contributed by atoms with Crippen LogP contribution in [0.1, 0.15) is 23.1 Å². The van der Waals surface area contributed by atoms with Crippen LogP contribution in [0.15, 0.2) is 22.2 Å². The number of allylic oxidation sites excluding steroid dienone is 4. The first kappa shape index (κ1) is 8.27. The zero-order chi connectivity index (χ0) is 7.40. The molecule has 0 radical (unpaired) electrons. The Kier molecular flexibility index (Phi) is 3.42. The van der Waals surface area contributed by atoms with Gasteiger partial charge in [-0.25, -0.2) is 0 Å². The van der Waals surface area contributed by atoms with Crippen LogP contribution in [0.3, 0.4) is 0 Å². The molecule has 1 aliphatic rings. The molecule has 0 saturated heterocycles. The smallest absolute Gasteiger partial charge is 1.00 e. The molecule has 0 amide bonds. The monoisotopic (exact) mass is 223 g/mol. The van der Waals surface area contributed by atoms with Crippen LogP contribution in [0.25, 0.3) is 0 Å². The molecule has 1 aliphatic carbocycles. The summed E-state index contributed by atoms with van der Waals surface area (Å²) in [4.78, 5) is 2.93. The maximum atomic E-state index is 2.35. The molecule has 10 heavy (non-hydrogen) atoms. The van der Waals surface area contributed by atoms with E-state index in [2.05, 4.69) is 32.1 Å². The standard InChI is InChI=1S/C5H5.2C2H5.Mo.2H/c1-2-4-5-3-1;2*1-2;;;/h1-3H,4H2;2*1H2,2H3;;;/q;;;+2;2*-1. The Morgan fingerprint density at radius 3 is 2.60 bits per heavy atom. The molecule has 0 spiro atoms. The Balaban J connectivity index is 0. The summed E-state index contributed by atoms with van der Waals surface area (Å²) in [5.74, 6) is 0. The molecule has 0 heterocycles. The molecule has 0 nitrogen and oxygen atoms in total. The van der Waals surface area contributed by atoms with Gasteiger partial charge in [0.1, 0.15) is 0 Å². The molecule has 0 N–H and O–H groups in total. The van der Waals surface area contributed by atoms with Crippen molar-refractivity contribution >= 4 is 0 Å². The van der Waals surface area contributed by atoms with Crippen LogP contribution in [0.2, 0.25) is 9.62 Å². The van der Waals surface area contributed by atoms with E-state index in [0.717, 1.165) is 0 Å². The van der Waals surface area contributed by atoms with Gasteiger partial charge in [0.05, 0.1) is 0 Å². The van der Waals surface area contributed by atoms with E-state index in [4.69, 9.17) is 0 Å². The van der Waals surface area contributed by atoms with Crippen molar-refractivity contribution in [1.29, 1.82) is 0 Å². The van der Waals surface area contributed by atoms with Crippen LogP contribution in [-0.2, 0) is 17.3 Å². The fourth-order valence-electron chi connectivity index (χ4n) is 1.22. The zero-order valence-electron chi connectivity index (χ0n) is 8.76. The van der Waals surface area contributed by atoms with Crippen molar-refractivity contribution < 1.29 is 20.2 Å². The van der Waals surface area contributed by atoms with Gasteiger partial charge in [-0.05, 0) is 0 Å². The van der Waals surface area contributed by atoms with E-state index in [1.54, 1.807) is 3.96 Å². The third-order valence-electron chi connectivity index (χ3n) is 1.80. The van der Waals surface area contributed by atoms with Gasteiger partial charge in [0.2, 0.25) is 0 Å². The number of hydrogen-bond donors (Lipinski definition) is 0. The van der Waals surface area contributed by atoms with E-state index in [0.29, 0.717) is 0 Å². The summed E-state index contributed by atoms with van der Waals surface area (Å²) in [7, 11) is 0. The van der Waals surface area contributed by atoms with Crippen molar-refractivity contribution in [3.63, 3.8) is 0 Å². The minimum absolute atomic E-state index is 0. The molecule has 0 aliphatic heterocycles. The van der Waals surface area contributed by atoms with E-state index in [-0.39, 0.29) is 2.85 Å². The molecule has 0 aromatic carbocycles. The van der Waals surface area contributed by atoms with E-state index in [1.165, 1.54) is 16.0 Å². The second kappa shape index (κ2) is 4.13. The largest absolute Gasteiger partial charge is 1.00 e. The Labute approximate surface area is 72.5 Å². The first-order valence-electron chi connectivity index (χ1n) is 3.91. The summed E-state index contributed by atoms with van der Waals surface area (Å²) in [6.07, 6.45) is 8.13. The molecule has 0 bridgehead atoms. The molecule has 0 fully saturated rings. The third-order valence-corrected chi connectivity index (χ3v) is 7.80. The Morgan fingerprint density at radius 2 is 2.20 bits per heavy atom. The Morgan fingerprint density at radius 1 is 1.50 bits per heavy atom. The van der Waals surface area contributed by atoms with Crippen molar-refractivity contribution in [3.8, 4) is 0 Å². The maximum absolute atomic E-state index is 2.35. The second-order valence-electron chi connectivity index (χ2n) is 2.34. The first-order valence-corrected chi connectivity index (χ1v) is 7.75. The molecule has 1 heteroatoms. The summed E-state index contributed by atoms with van der Waals surface area (Å²) < 4.78 is 1.80. The molecule has 0 atom stereocenters. The quantitative estimate of drug-likeness (QED) is 0.639. The van der Waals surface area contributed by atoms with Crippen molar-refractivity contribution in [2.45, 2.75) is 29.9 Å². The van der Waals surface area contributed by atoms with Crippen LogP contribution in [-0.4, -0.2) is 0 Å². The molecule has 59 valence electrons. The number of hydrogen-bond acceptors (Lipinski definition) is 0. The summed E-state index contributed by atoms with van der Waals surface area (Å²) in [6.45, 7) is 4.69. The van der Waals surface area contributed by atoms with Gasteiger partial charge in [0, 0.05) is 0 Å². The van der Waals surface area contributed by atoms with Crippen LogP contribution in [0, 0.1) is 0 Å². The van der Waals surface area contributed by atoms with Crippen LogP contribution >= 0.6 is 0 Å². The summed E-state index contributed by atoms with van der Waals surface area (Å²) >= 11 is -0.735.